The molecule has 0 spiro atoms. The van der Waals surface area contributed by atoms with Gasteiger partial charge in [0.1, 0.15) is 24.1 Å². The molecule has 9 nitrogen and oxygen atoms in total. The molecule has 0 aromatic heterocycles. The van der Waals surface area contributed by atoms with Crippen LogP contribution in [-0.4, -0.2) is 64.2 Å². The summed E-state index contributed by atoms with van der Waals surface area (Å²) in [6, 6.07) is 8.76. The molecule has 1 fully saturated rings. The highest BCUT2D eigenvalue weighted by molar-refractivity contribution is 7.92. The van der Waals surface area contributed by atoms with Crippen molar-refractivity contribution in [3.05, 3.63) is 52.0 Å². The van der Waals surface area contributed by atoms with Crippen LogP contribution < -0.4 is 19.1 Å². The van der Waals surface area contributed by atoms with Crippen LogP contribution in [0.3, 0.4) is 0 Å². The molecule has 2 aromatic carbocycles. The molecule has 1 aliphatic carbocycles. The van der Waals surface area contributed by atoms with Crippen LogP contribution in [0.5, 0.6) is 11.5 Å². The number of anilines is 1. The van der Waals surface area contributed by atoms with E-state index in [2.05, 4.69) is 5.32 Å². The molecule has 1 N–H and O–H groups in total. The fraction of sp³-hybridized carbons (Fsp3) is 0.481. The van der Waals surface area contributed by atoms with Crippen molar-refractivity contribution in [1.29, 1.82) is 0 Å². The van der Waals surface area contributed by atoms with Gasteiger partial charge in [-0.15, -0.1) is 0 Å². The topological polar surface area (TPSA) is 105 Å². The lowest BCUT2D eigenvalue weighted by Crippen LogP contribution is -2.53. The van der Waals surface area contributed by atoms with E-state index in [1.54, 1.807) is 37.3 Å². The highest BCUT2D eigenvalue weighted by Crippen LogP contribution is 2.34. The minimum absolute atomic E-state index is 0.0157. The number of nitrogens with one attached hydrogen (secondary N) is 1. The van der Waals surface area contributed by atoms with Crippen LogP contribution in [0.25, 0.3) is 0 Å². The Hall–Kier alpha value is -2.69. The first kappa shape index (κ1) is 30.8. The van der Waals surface area contributed by atoms with E-state index < -0.39 is 28.5 Å². The van der Waals surface area contributed by atoms with Crippen molar-refractivity contribution in [2.24, 2.45) is 0 Å². The first-order valence-corrected chi connectivity index (χ1v) is 15.3. The Morgan fingerprint density at radius 1 is 1.03 bits per heavy atom. The van der Waals surface area contributed by atoms with E-state index in [-0.39, 0.29) is 29.9 Å². The smallest absolute Gasteiger partial charge is 0.244 e. The third-order valence-corrected chi connectivity index (χ3v) is 8.66. The van der Waals surface area contributed by atoms with Crippen molar-refractivity contribution in [3.8, 4) is 11.5 Å². The van der Waals surface area contributed by atoms with Crippen LogP contribution in [0.15, 0.2) is 36.4 Å². The van der Waals surface area contributed by atoms with Gasteiger partial charge >= 0.3 is 0 Å². The Kier molecular flexibility index (Phi) is 10.7. The number of hydrogen-bond donors (Lipinski definition) is 1. The number of hydrogen-bond acceptors (Lipinski definition) is 6. The Balaban J connectivity index is 1.95. The normalized spacial score (nSPS) is 14.8. The summed E-state index contributed by atoms with van der Waals surface area (Å²) in [4.78, 5) is 28.5. The third-order valence-electron chi connectivity index (χ3n) is 6.79. The van der Waals surface area contributed by atoms with Crippen LogP contribution in [0.1, 0.15) is 44.6 Å². The van der Waals surface area contributed by atoms with E-state index in [1.807, 2.05) is 0 Å². The van der Waals surface area contributed by atoms with Gasteiger partial charge in [0, 0.05) is 18.7 Å². The lowest BCUT2D eigenvalue weighted by Gasteiger charge is -2.33. The number of carbonyl (C=O) groups excluding carboxylic acids is 2. The summed E-state index contributed by atoms with van der Waals surface area (Å²) in [5, 5.41) is 3.72. The summed E-state index contributed by atoms with van der Waals surface area (Å²) in [7, 11) is -1.09. The molecule has 3 rings (SSSR count). The minimum Gasteiger partial charge on any atom is -0.497 e. The SMILES string of the molecule is COc1ccc(OC)c(N(CC(=O)N(Cc2ccc(Cl)c(Cl)c2)[C@H](C)C(=O)NC2CCCCC2)S(C)(=O)=O)c1. The summed E-state index contributed by atoms with van der Waals surface area (Å²) < 4.78 is 37.4. The maximum absolute atomic E-state index is 13.8. The summed E-state index contributed by atoms with van der Waals surface area (Å²) >= 11 is 12.3. The Morgan fingerprint density at radius 2 is 1.72 bits per heavy atom. The van der Waals surface area contributed by atoms with Crippen LogP contribution >= 0.6 is 23.2 Å². The van der Waals surface area contributed by atoms with Gasteiger partial charge in [0.2, 0.25) is 21.8 Å². The van der Waals surface area contributed by atoms with Crippen LogP contribution in [0, 0.1) is 0 Å². The van der Waals surface area contributed by atoms with Gasteiger partial charge in [0.05, 0.1) is 36.2 Å². The van der Waals surface area contributed by atoms with Crippen molar-refractivity contribution >= 4 is 50.7 Å². The van der Waals surface area contributed by atoms with Gasteiger partial charge in [-0.25, -0.2) is 8.42 Å². The van der Waals surface area contributed by atoms with E-state index in [9.17, 15) is 18.0 Å². The summed E-state index contributed by atoms with van der Waals surface area (Å²) in [5.74, 6) is -0.254. The number of nitrogens with zero attached hydrogens (tertiary/aromatic N) is 2. The molecule has 0 heterocycles. The second-order valence-electron chi connectivity index (χ2n) is 9.60. The molecule has 0 aliphatic heterocycles. The fourth-order valence-corrected chi connectivity index (χ4v) is 5.74. The second kappa shape index (κ2) is 13.6. The maximum Gasteiger partial charge on any atom is 0.244 e. The lowest BCUT2D eigenvalue weighted by atomic mass is 9.95. The molecule has 1 aliphatic rings. The first-order valence-electron chi connectivity index (χ1n) is 12.7. The van der Waals surface area contributed by atoms with Crippen molar-refractivity contribution in [2.75, 3.05) is 31.3 Å². The molecule has 1 atom stereocenters. The lowest BCUT2D eigenvalue weighted by molar-refractivity contribution is -0.139. The molecular weight excluding hydrogens is 565 g/mol. The predicted molar refractivity (Wildman–Crippen MR) is 153 cm³/mol. The van der Waals surface area contributed by atoms with Gasteiger partial charge in [0.25, 0.3) is 0 Å². The van der Waals surface area contributed by atoms with Gasteiger partial charge in [-0.2, -0.15) is 0 Å². The zero-order valence-corrected chi connectivity index (χ0v) is 24.9. The summed E-state index contributed by atoms with van der Waals surface area (Å²) in [6.45, 7) is 1.08. The van der Waals surface area contributed by atoms with Crippen molar-refractivity contribution in [2.45, 2.75) is 57.7 Å². The number of amides is 2. The third kappa shape index (κ3) is 8.16. The number of sulfonamides is 1. The second-order valence-corrected chi connectivity index (χ2v) is 12.3. The van der Waals surface area contributed by atoms with Gasteiger partial charge < -0.3 is 19.7 Å². The van der Waals surface area contributed by atoms with Crippen molar-refractivity contribution < 1.29 is 27.5 Å². The van der Waals surface area contributed by atoms with Crippen molar-refractivity contribution in [3.63, 3.8) is 0 Å². The quantitative estimate of drug-likeness (QED) is 0.403. The molecule has 0 bridgehead atoms. The average Bonchev–Trinajstić information content (AvgIpc) is 2.91. The Bertz CT molecular complexity index is 1280. The molecule has 39 heavy (non-hydrogen) atoms. The van der Waals surface area contributed by atoms with Gasteiger partial charge in [-0.1, -0.05) is 48.5 Å². The monoisotopic (exact) mass is 599 g/mol. The van der Waals surface area contributed by atoms with Gasteiger partial charge in [-0.05, 0) is 49.6 Å². The molecule has 12 heteroatoms. The van der Waals surface area contributed by atoms with Crippen LogP contribution in [-0.2, 0) is 26.2 Å². The largest absolute Gasteiger partial charge is 0.497 e. The van der Waals surface area contributed by atoms with E-state index in [4.69, 9.17) is 32.7 Å². The van der Waals surface area contributed by atoms with Gasteiger partial charge in [0.15, 0.2) is 0 Å². The number of halogens is 2. The molecule has 2 aromatic rings. The van der Waals surface area contributed by atoms with Crippen molar-refractivity contribution in [1.82, 2.24) is 10.2 Å². The molecule has 0 radical (unpaired) electrons. The Labute approximate surface area is 240 Å². The van der Waals surface area contributed by atoms with E-state index in [0.717, 1.165) is 42.7 Å². The zero-order valence-electron chi connectivity index (χ0n) is 22.6. The van der Waals surface area contributed by atoms with E-state index in [0.29, 0.717) is 21.4 Å². The number of methoxy groups -OCH3 is 2. The molecule has 214 valence electrons. The van der Waals surface area contributed by atoms with E-state index in [1.165, 1.54) is 25.2 Å². The number of ether oxygens (including phenoxy) is 2. The van der Waals surface area contributed by atoms with Gasteiger partial charge in [-0.3, -0.25) is 13.9 Å². The first-order chi connectivity index (χ1) is 18.4. The molecule has 1 saturated carbocycles. The highest BCUT2D eigenvalue weighted by Gasteiger charge is 2.32. The van der Waals surface area contributed by atoms with E-state index >= 15 is 0 Å². The standard InChI is InChI=1S/C27H35Cl2N3O6S/c1-18(27(34)30-20-8-6-5-7-9-20)31(16-19-10-12-22(28)23(29)14-19)26(33)17-32(39(4,35)36)24-15-21(37-2)11-13-25(24)38-3/h10-15,18,20H,5-9,16-17H2,1-4H3,(H,30,34)/t18-/m1/s1. The summed E-state index contributed by atoms with van der Waals surface area (Å²) in [5.41, 5.74) is 0.779. The number of rotatable bonds is 11. The van der Waals surface area contributed by atoms with Crippen LogP contribution in [0.2, 0.25) is 10.0 Å². The zero-order chi connectivity index (χ0) is 28.7. The highest BCUT2D eigenvalue weighted by atomic mass is 35.5. The fourth-order valence-electron chi connectivity index (χ4n) is 4.57. The minimum atomic E-state index is -3.95. The molecular formula is C27H35Cl2N3O6S. The number of benzene rings is 2. The summed E-state index contributed by atoms with van der Waals surface area (Å²) in [6.07, 6.45) is 5.99. The predicted octanol–water partition coefficient (Wildman–Crippen LogP) is 4.64. The molecule has 0 unspecified atom stereocenters. The Morgan fingerprint density at radius 3 is 2.31 bits per heavy atom. The number of carbonyl (C=O) groups is 2. The maximum atomic E-state index is 13.8. The average molecular weight is 601 g/mol. The molecule has 0 saturated heterocycles. The van der Waals surface area contributed by atoms with Crippen LogP contribution in [0.4, 0.5) is 5.69 Å². The molecule has 2 amide bonds.